The molecule has 0 aliphatic heterocycles. The van der Waals surface area contributed by atoms with E-state index in [0.717, 1.165) is 5.56 Å². The van der Waals surface area contributed by atoms with Crippen LogP contribution < -0.4 is 14.8 Å². The van der Waals surface area contributed by atoms with Crippen molar-refractivity contribution < 1.29 is 14.3 Å². The number of rotatable bonds is 7. The van der Waals surface area contributed by atoms with Gasteiger partial charge in [0.2, 0.25) is 5.91 Å². The summed E-state index contributed by atoms with van der Waals surface area (Å²) < 4.78 is 10.7. The Kier molecular flexibility index (Phi) is 6.45. The standard InChI is InChI=1S/C16H21NO3/c1-5-9-20-14-8-7-13(11-15(14)19-4)12(3)10-16(18)17-6-2/h1,7-8,11-12H,6,9-10H2,2-4H3,(H,17,18). The number of benzene rings is 1. The second-order valence-electron chi connectivity index (χ2n) is 4.46. The number of hydrogen-bond acceptors (Lipinski definition) is 3. The molecule has 0 aromatic heterocycles. The minimum atomic E-state index is 0.0478. The van der Waals surface area contributed by atoms with Gasteiger partial charge in [-0.05, 0) is 30.5 Å². The lowest BCUT2D eigenvalue weighted by Crippen LogP contribution is -2.23. The van der Waals surface area contributed by atoms with Crippen LogP contribution in [0.4, 0.5) is 0 Å². The second-order valence-corrected chi connectivity index (χ2v) is 4.46. The van der Waals surface area contributed by atoms with Gasteiger partial charge < -0.3 is 14.8 Å². The van der Waals surface area contributed by atoms with E-state index in [1.807, 2.05) is 32.0 Å². The molecule has 1 unspecified atom stereocenters. The van der Waals surface area contributed by atoms with E-state index in [1.165, 1.54) is 0 Å². The molecule has 1 aromatic carbocycles. The van der Waals surface area contributed by atoms with Crippen LogP contribution in [0.5, 0.6) is 11.5 Å². The van der Waals surface area contributed by atoms with E-state index in [-0.39, 0.29) is 18.4 Å². The summed E-state index contributed by atoms with van der Waals surface area (Å²) in [5, 5.41) is 2.80. The van der Waals surface area contributed by atoms with Crippen molar-refractivity contribution in [2.24, 2.45) is 0 Å². The van der Waals surface area contributed by atoms with Crippen molar-refractivity contribution in [3.05, 3.63) is 23.8 Å². The molecule has 1 aromatic rings. The molecule has 0 saturated carbocycles. The number of carbonyl (C=O) groups excluding carboxylic acids is 1. The van der Waals surface area contributed by atoms with Crippen LogP contribution in [0.15, 0.2) is 18.2 Å². The Morgan fingerprint density at radius 1 is 1.45 bits per heavy atom. The first-order valence-corrected chi connectivity index (χ1v) is 6.63. The zero-order chi connectivity index (χ0) is 15.0. The molecule has 0 bridgehead atoms. The highest BCUT2D eigenvalue weighted by atomic mass is 16.5. The third-order valence-corrected chi connectivity index (χ3v) is 2.93. The van der Waals surface area contributed by atoms with Crippen LogP contribution in [0.3, 0.4) is 0 Å². The van der Waals surface area contributed by atoms with Crippen molar-refractivity contribution in [2.45, 2.75) is 26.2 Å². The van der Waals surface area contributed by atoms with Gasteiger partial charge in [-0.25, -0.2) is 0 Å². The van der Waals surface area contributed by atoms with E-state index in [9.17, 15) is 4.79 Å². The zero-order valence-corrected chi connectivity index (χ0v) is 12.2. The Bertz CT molecular complexity index is 491. The predicted octanol–water partition coefficient (Wildman–Crippen LogP) is 2.34. The van der Waals surface area contributed by atoms with Gasteiger partial charge >= 0.3 is 0 Å². The first kappa shape index (κ1) is 15.9. The van der Waals surface area contributed by atoms with Crippen LogP contribution in [-0.2, 0) is 4.79 Å². The van der Waals surface area contributed by atoms with Crippen molar-refractivity contribution in [2.75, 3.05) is 20.3 Å². The molecule has 0 heterocycles. The Morgan fingerprint density at radius 2 is 2.20 bits per heavy atom. The summed E-state index contributed by atoms with van der Waals surface area (Å²) in [6.45, 7) is 4.76. The minimum Gasteiger partial charge on any atom is -0.493 e. The summed E-state index contributed by atoms with van der Waals surface area (Å²) in [7, 11) is 1.58. The molecule has 0 aliphatic carbocycles. The molecule has 0 saturated heterocycles. The predicted molar refractivity (Wildman–Crippen MR) is 79.0 cm³/mol. The van der Waals surface area contributed by atoms with Crippen LogP contribution in [0.1, 0.15) is 31.7 Å². The fourth-order valence-corrected chi connectivity index (χ4v) is 1.89. The average molecular weight is 275 g/mol. The lowest BCUT2D eigenvalue weighted by atomic mass is 9.97. The molecule has 4 heteroatoms. The molecular formula is C16H21NO3. The van der Waals surface area contributed by atoms with Crippen LogP contribution in [0, 0.1) is 12.3 Å². The van der Waals surface area contributed by atoms with Crippen molar-refractivity contribution in [1.29, 1.82) is 0 Å². The quantitative estimate of drug-likeness (QED) is 0.777. The maximum Gasteiger partial charge on any atom is 0.220 e. The summed E-state index contributed by atoms with van der Waals surface area (Å²) in [4.78, 5) is 11.6. The lowest BCUT2D eigenvalue weighted by molar-refractivity contribution is -0.121. The van der Waals surface area contributed by atoms with Crippen molar-refractivity contribution in [3.63, 3.8) is 0 Å². The van der Waals surface area contributed by atoms with Gasteiger partial charge in [-0.3, -0.25) is 4.79 Å². The van der Waals surface area contributed by atoms with Gasteiger partial charge in [0.15, 0.2) is 11.5 Å². The molecule has 1 rings (SSSR count). The highest BCUT2D eigenvalue weighted by Gasteiger charge is 2.13. The number of ether oxygens (including phenoxy) is 2. The number of amides is 1. The van der Waals surface area contributed by atoms with E-state index in [0.29, 0.717) is 24.5 Å². The third kappa shape index (κ3) is 4.51. The maximum absolute atomic E-state index is 11.6. The number of nitrogens with one attached hydrogen (secondary N) is 1. The third-order valence-electron chi connectivity index (χ3n) is 2.93. The average Bonchev–Trinajstić information content (AvgIpc) is 2.45. The van der Waals surface area contributed by atoms with Crippen molar-refractivity contribution in [3.8, 4) is 23.8 Å². The van der Waals surface area contributed by atoms with E-state index in [1.54, 1.807) is 7.11 Å². The maximum atomic E-state index is 11.6. The van der Waals surface area contributed by atoms with Crippen LogP contribution in [-0.4, -0.2) is 26.2 Å². The molecule has 0 fully saturated rings. The first-order chi connectivity index (χ1) is 9.62. The summed E-state index contributed by atoms with van der Waals surface area (Å²) in [6.07, 6.45) is 5.62. The van der Waals surface area contributed by atoms with Crippen LogP contribution in [0.2, 0.25) is 0 Å². The smallest absolute Gasteiger partial charge is 0.220 e. The van der Waals surface area contributed by atoms with Gasteiger partial charge in [0.1, 0.15) is 6.61 Å². The molecule has 0 spiro atoms. The molecule has 1 atom stereocenters. The zero-order valence-electron chi connectivity index (χ0n) is 12.2. The summed E-state index contributed by atoms with van der Waals surface area (Å²) in [5.74, 6) is 3.81. The first-order valence-electron chi connectivity index (χ1n) is 6.63. The summed E-state index contributed by atoms with van der Waals surface area (Å²) in [6, 6.07) is 5.63. The Balaban J connectivity index is 2.81. The molecule has 0 aliphatic rings. The topological polar surface area (TPSA) is 47.6 Å². The molecule has 1 amide bonds. The Morgan fingerprint density at radius 3 is 2.80 bits per heavy atom. The number of terminal acetylenes is 1. The van der Waals surface area contributed by atoms with E-state index in [2.05, 4.69) is 11.2 Å². The highest BCUT2D eigenvalue weighted by Crippen LogP contribution is 2.31. The normalized spacial score (nSPS) is 11.3. The molecule has 108 valence electrons. The summed E-state index contributed by atoms with van der Waals surface area (Å²) >= 11 is 0. The molecule has 20 heavy (non-hydrogen) atoms. The summed E-state index contributed by atoms with van der Waals surface area (Å²) in [5.41, 5.74) is 1.03. The van der Waals surface area contributed by atoms with Crippen molar-refractivity contribution in [1.82, 2.24) is 5.32 Å². The van der Waals surface area contributed by atoms with Gasteiger partial charge in [0.05, 0.1) is 7.11 Å². The lowest BCUT2D eigenvalue weighted by Gasteiger charge is -2.15. The van der Waals surface area contributed by atoms with Crippen molar-refractivity contribution >= 4 is 5.91 Å². The monoisotopic (exact) mass is 275 g/mol. The molecule has 0 radical (unpaired) electrons. The van der Waals surface area contributed by atoms with E-state index >= 15 is 0 Å². The SMILES string of the molecule is C#CCOc1ccc(C(C)CC(=O)NCC)cc1OC. The van der Waals surface area contributed by atoms with Gasteiger partial charge in [-0.2, -0.15) is 0 Å². The fourth-order valence-electron chi connectivity index (χ4n) is 1.89. The van der Waals surface area contributed by atoms with Crippen LogP contribution in [0.25, 0.3) is 0 Å². The minimum absolute atomic E-state index is 0.0478. The molecule has 4 nitrogen and oxygen atoms in total. The Labute approximate surface area is 120 Å². The van der Waals surface area contributed by atoms with Crippen LogP contribution >= 0.6 is 0 Å². The van der Waals surface area contributed by atoms with E-state index < -0.39 is 0 Å². The highest BCUT2D eigenvalue weighted by molar-refractivity contribution is 5.76. The fraction of sp³-hybridized carbons (Fsp3) is 0.438. The van der Waals surface area contributed by atoms with E-state index in [4.69, 9.17) is 15.9 Å². The second kappa shape index (κ2) is 8.11. The Hall–Kier alpha value is -2.15. The number of methoxy groups -OCH3 is 1. The van der Waals surface area contributed by atoms with Gasteiger partial charge in [0.25, 0.3) is 0 Å². The molecular weight excluding hydrogens is 254 g/mol. The molecule has 1 N–H and O–H groups in total. The number of hydrogen-bond donors (Lipinski definition) is 1. The number of carbonyl (C=O) groups is 1. The van der Waals surface area contributed by atoms with Gasteiger partial charge in [-0.1, -0.05) is 18.9 Å². The largest absolute Gasteiger partial charge is 0.493 e. The van der Waals surface area contributed by atoms with Gasteiger partial charge in [-0.15, -0.1) is 6.42 Å². The van der Waals surface area contributed by atoms with Gasteiger partial charge in [0, 0.05) is 13.0 Å².